The van der Waals surface area contributed by atoms with Crippen LogP contribution in [0.4, 0.5) is 0 Å². The van der Waals surface area contributed by atoms with E-state index in [-0.39, 0.29) is 17.4 Å². The lowest BCUT2D eigenvalue weighted by Gasteiger charge is -2.34. The molecule has 0 saturated heterocycles. The SMILES string of the molecule is CC(Cc1ccc(Cl)cc1Cl)CC([C@H](O)C(C)(C)C)n1nc[nH]c1=S. The van der Waals surface area contributed by atoms with Crippen LogP contribution < -0.4 is 0 Å². The van der Waals surface area contributed by atoms with Gasteiger partial charge in [-0.3, -0.25) is 0 Å². The number of hydrogen-bond donors (Lipinski definition) is 2. The molecule has 138 valence electrons. The fourth-order valence-electron chi connectivity index (χ4n) is 3.00. The number of H-pyrrole nitrogens is 1. The molecule has 2 rings (SSSR count). The third kappa shape index (κ3) is 5.30. The van der Waals surface area contributed by atoms with E-state index < -0.39 is 6.10 Å². The Hall–Kier alpha value is -0.880. The van der Waals surface area contributed by atoms with Crippen molar-refractivity contribution in [3.63, 3.8) is 0 Å². The Kier molecular flexibility index (Phi) is 6.71. The molecule has 2 aromatic rings. The van der Waals surface area contributed by atoms with Crippen molar-refractivity contribution in [3.05, 3.63) is 44.9 Å². The van der Waals surface area contributed by atoms with Crippen molar-refractivity contribution in [2.24, 2.45) is 11.3 Å². The van der Waals surface area contributed by atoms with Crippen LogP contribution in [0.25, 0.3) is 0 Å². The second kappa shape index (κ2) is 8.21. The van der Waals surface area contributed by atoms with Crippen molar-refractivity contribution in [2.45, 2.75) is 52.7 Å². The Bertz CT molecular complexity index is 766. The minimum atomic E-state index is -0.578. The quantitative estimate of drug-likeness (QED) is 0.631. The summed E-state index contributed by atoms with van der Waals surface area (Å²) in [5, 5.41) is 16.5. The van der Waals surface area contributed by atoms with Gasteiger partial charge in [-0.05, 0) is 54.1 Å². The van der Waals surface area contributed by atoms with Crippen LogP contribution in [0.5, 0.6) is 0 Å². The molecule has 25 heavy (non-hydrogen) atoms. The summed E-state index contributed by atoms with van der Waals surface area (Å²) in [5.74, 6) is 0.277. The van der Waals surface area contributed by atoms with Crippen LogP contribution in [0.2, 0.25) is 10.0 Å². The molecule has 0 saturated carbocycles. The Morgan fingerprint density at radius 2 is 2.00 bits per heavy atom. The van der Waals surface area contributed by atoms with E-state index in [1.54, 1.807) is 17.1 Å². The Morgan fingerprint density at radius 3 is 2.52 bits per heavy atom. The van der Waals surface area contributed by atoms with Gasteiger partial charge in [-0.1, -0.05) is 57.0 Å². The minimum Gasteiger partial charge on any atom is -0.390 e. The van der Waals surface area contributed by atoms with Crippen molar-refractivity contribution in [2.75, 3.05) is 0 Å². The second-order valence-corrected chi connectivity index (χ2v) is 8.93. The van der Waals surface area contributed by atoms with E-state index in [0.717, 1.165) is 18.4 Å². The summed E-state index contributed by atoms with van der Waals surface area (Å²) in [6.07, 6.45) is 2.51. The van der Waals surface area contributed by atoms with Crippen molar-refractivity contribution < 1.29 is 5.11 Å². The van der Waals surface area contributed by atoms with Gasteiger partial charge in [-0.2, -0.15) is 5.10 Å². The van der Waals surface area contributed by atoms with Gasteiger partial charge in [-0.25, -0.2) is 4.68 Å². The zero-order valence-electron chi connectivity index (χ0n) is 15.0. The first kappa shape index (κ1) is 20.4. The molecule has 0 spiro atoms. The van der Waals surface area contributed by atoms with Crippen molar-refractivity contribution in [1.29, 1.82) is 0 Å². The number of aromatic nitrogens is 3. The second-order valence-electron chi connectivity index (χ2n) is 7.70. The fraction of sp³-hybridized carbons (Fsp3) is 0.556. The molecule has 4 nitrogen and oxygen atoms in total. The normalized spacial score (nSPS) is 15.8. The van der Waals surface area contributed by atoms with Crippen LogP contribution in [0.3, 0.4) is 0 Å². The molecule has 3 atom stereocenters. The maximum atomic E-state index is 10.9. The molecule has 0 bridgehead atoms. The van der Waals surface area contributed by atoms with Crippen LogP contribution in [0.15, 0.2) is 24.5 Å². The van der Waals surface area contributed by atoms with Crippen molar-refractivity contribution in [3.8, 4) is 0 Å². The van der Waals surface area contributed by atoms with E-state index in [9.17, 15) is 5.11 Å². The standard InChI is InChI=1S/C18H25Cl2N3OS/c1-11(7-12-5-6-13(19)9-14(12)20)8-15(16(24)18(2,3)4)23-17(25)21-10-22-23/h5-6,9-11,15-16,24H,7-8H2,1-4H3,(H,21,22,25)/t11?,15?,16-/m0/s1. The topological polar surface area (TPSA) is 53.8 Å². The number of halogens is 2. The Balaban J connectivity index is 2.21. The minimum absolute atomic E-state index is 0.208. The van der Waals surface area contributed by atoms with E-state index in [2.05, 4.69) is 17.0 Å². The Morgan fingerprint density at radius 1 is 1.32 bits per heavy atom. The highest BCUT2D eigenvalue weighted by Crippen LogP contribution is 2.34. The summed E-state index contributed by atoms with van der Waals surface area (Å²) in [6, 6.07) is 5.35. The highest BCUT2D eigenvalue weighted by molar-refractivity contribution is 7.71. The highest BCUT2D eigenvalue weighted by Gasteiger charge is 2.33. The number of aliphatic hydroxyl groups is 1. The summed E-state index contributed by atoms with van der Waals surface area (Å²) >= 11 is 17.6. The molecule has 2 unspecified atom stereocenters. The van der Waals surface area contributed by atoms with Gasteiger partial charge in [0.2, 0.25) is 0 Å². The van der Waals surface area contributed by atoms with Gasteiger partial charge in [0, 0.05) is 10.0 Å². The average Bonchev–Trinajstić information content (AvgIpc) is 2.92. The van der Waals surface area contributed by atoms with E-state index in [4.69, 9.17) is 35.4 Å². The van der Waals surface area contributed by atoms with Gasteiger partial charge in [0.25, 0.3) is 0 Å². The summed E-state index contributed by atoms with van der Waals surface area (Å²) < 4.78 is 2.23. The monoisotopic (exact) mass is 401 g/mol. The number of hydrogen-bond acceptors (Lipinski definition) is 3. The maximum absolute atomic E-state index is 10.9. The highest BCUT2D eigenvalue weighted by atomic mass is 35.5. The molecule has 0 fully saturated rings. The molecule has 1 aromatic heterocycles. The lowest BCUT2D eigenvalue weighted by molar-refractivity contribution is 0.00389. The molecule has 0 aliphatic carbocycles. The van der Waals surface area contributed by atoms with Crippen LogP contribution in [-0.4, -0.2) is 26.0 Å². The molecule has 0 aliphatic rings. The molecular formula is C18H25Cl2N3OS. The van der Waals surface area contributed by atoms with Crippen LogP contribution in [0, 0.1) is 16.1 Å². The first-order chi connectivity index (χ1) is 11.6. The molecular weight excluding hydrogens is 377 g/mol. The molecule has 2 N–H and O–H groups in total. The van der Waals surface area contributed by atoms with Gasteiger partial charge in [-0.15, -0.1) is 0 Å². The van der Waals surface area contributed by atoms with Crippen LogP contribution in [-0.2, 0) is 6.42 Å². The van der Waals surface area contributed by atoms with Gasteiger partial charge in [0.05, 0.1) is 12.1 Å². The van der Waals surface area contributed by atoms with E-state index in [0.29, 0.717) is 14.8 Å². The fourth-order valence-corrected chi connectivity index (χ4v) is 3.72. The third-order valence-corrected chi connectivity index (χ3v) is 5.26. The number of nitrogens with zero attached hydrogens (tertiary/aromatic N) is 2. The Labute approximate surface area is 164 Å². The predicted octanol–water partition coefficient (Wildman–Crippen LogP) is 5.46. The van der Waals surface area contributed by atoms with Crippen LogP contribution >= 0.6 is 35.4 Å². The smallest absolute Gasteiger partial charge is 0.195 e. The summed E-state index contributed by atoms with van der Waals surface area (Å²) in [5.41, 5.74) is 0.768. The van der Waals surface area contributed by atoms with Gasteiger partial charge >= 0.3 is 0 Å². The molecule has 1 aromatic carbocycles. The number of nitrogens with one attached hydrogen (secondary N) is 1. The third-order valence-electron chi connectivity index (χ3n) is 4.37. The first-order valence-electron chi connectivity index (χ1n) is 8.33. The lowest BCUT2D eigenvalue weighted by atomic mass is 9.81. The first-order valence-corrected chi connectivity index (χ1v) is 9.50. The van der Waals surface area contributed by atoms with Crippen molar-refractivity contribution >= 4 is 35.4 Å². The van der Waals surface area contributed by atoms with Crippen molar-refractivity contribution in [1.82, 2.24) is 14.8 Å². The van der Waals surface area contributed by atoms with Gasteiger partial charge in [0.15, 0.2) is 4.77 Å². The number of aromatic amines is 1. The summed E-state index contributed by atoms with van der Waals surface area (Å²) in [7, 11) is 0. The molecule has 1 heterocycles. The summed E-state index contributed by atoms with van der Waals surface area (Å²) in [4.78, 5) is 2.91. The van der Waals surface area contributed by atoms with Gasteiger partial charge < -0.3 is 10.1 Å². The average molecular weight is 402 g/mol. The molecule has 0 aliphatic heterocycles. The molecule has 0 amide bonds. The number of benzene rings is 1. The maximum Gasteiger partial charge on any atom is 0.195 e. The lowest BCUT2D eigenvalue weighted by Crippen LogP contribution is -2.37. The largest absolute Gasteiger partial charge is 0.390 e. The van der Waals surface area contributed by atoms with Gasteiger partial charge in [0.1, 0.15) is 6.33 Å². The van der Waals surface area contributed by atoms with E-state index in [1.165, 1.54) is 0 Å². The van der Waals surface area contributed by atoms with E-state index in [1.807, 2.05) is 32.9 Å². The number of rotatable bonds is 6. The zero-order valence-corrected chi connectivity index (χ0v) is 17.3. The molecule has 7 heteroatoms. The zero-order chi connectivity index (χ0) is 18.8. The van der Waals surface area contributed by atoms with E-state index >= 15 is 0 Å². The molecule has 0 radical (unpaired) electrons. The summed E-state index contributed by atoms with van der Waals surface area (Å²) in [6.45, 7) is 8.19. The number of aliphatic hydroxyl groups excluding tert-OH is 1. The predicted molar refractivity (Wildman–Crippen MR) is 106 cm³/mol. The van der Waals surface area contributed by atoms with Crippen LogP contribution in [0.1, 0.15) is 45.7 Å².